The molecule has 0 saturated heterocycles. The second-order valence-electron chi connectivity index (χ2n) is 5.48. The first-order valence-electron chi connectivity index (χ1n) is 6.87. The van der Waals surface area contributed by atoms with Gasteiger partial charge < -0.3 is 15.4 Å². The van der Waals surface area contributed by atoms with E-state index in [9.17, 15) is 13.4 Å². The molecule has 3 rings (SSSR count). The zero-order valence-electron chi connectivity index (χ0n) is 12.1. The van der Waals surface area contributed by atoms with Gasteiger partial charge in [-0.1, -0.05) is 18.2 Å². The third-order valence-corrected chi connectivity index (χ3v) is 5.61. The summed E-state index contributed by atoms with van der Waals surface area (Å²) in [7, 11) is -4.45. The summed E-state index contributed by atoms with van der Waals surface area (Å²) in [6.07, 6.45) is 0. The topological polar surface area (TPSA) is 89.6 Å². The third kappa shape index (κ3) is 2.75. The van der Waals surface area contributed by atoms with Gasteiger partial charge in [-0.2, -0.15) is 0 Å². The van der Waals surface area contributed by atoms with Gasteiger partial charge in [-0.25, -0.2) is 8.42 Å². The second-order valence-corrected chi connectivity index (χ2v) is 7.44. The maximum Gasteiger partial charge on any atom is 0.491 e. The monoisotopic (exact) mass is 317 g/mol. The highest BCUT2D eigenvalue weighted by Gasteiger charge is 2.28. The van der Waals surface area contributed by atoms with Crippen molar-refractivity contribution in [1.29, 1.82) is 0 Å². The lowest BCUT2D eigenvalue weighted by molar-refractivity contribution is 0.275. The minimum atomic E-state index is -3.47. The molecule has 0 spiro atoms. The van der Waals surface area contributed by atoms with Crippen LogP contribution >= 0.6 is 0 Å². The molecule has 2 aromatic carbocycles. The van der Waals surface area contributed by atoms with Gasteiger partial charge in [0.15, 0.2) is 9.84 Å². The van der Waals surface area contributed by atoms with Crippen LogP contribution in [-0.4, -0.2) is 20.6 Å². The van der Waals surface area contributed by atoms with Crippen LogP contribution in [0.2, 0.25) is 0 Å². The number of anilines is 1. The molecule has 0 fully saturated rings. The van der Waals surface area contributed by atoms with Crippen molar-refractivity contribution in [3.63, 3.8) is 0 Å². The fraction of sp³-hybridized carbons (Fsp3) is 0.200. The normalized spacial score (nSPS) is 14.2. The van der Waals surface area contributed by atoms with E-state index in [1.54, 1.807) is 37.3 Å². The minimum Gasteiger partial charge on any atom is -0.423 e. The first-order valence-corrected chi connectivity index (χ1v) is 8.52. The van der Waals surface area contributed by atoms with Crippen molar-refractivity contribution < 1.29 is 18.1 Å². The summed E-state index contributed by atoms with van der Waals surface area (Å²) in [5.74, 6) is -0.127. The molecular formula is C15H16BNO4S. The molecule has 0 bridgehead atoms. The summed E-state index contributed by atoms with van der Waals surface area (Å²) in [5, 5.41) is 9.71. The molecule has 5 nitrogen and oxygen atoms in total. The summed E-state index contributed by atoms with van der Waals surface area (Å²) in [5.41, 5.74) is 8.98. The molecule has 3 N–H and O–H groups in total. The number of aryl methyl sites for hydroxylation is 1. The van der Waals surface area contributed by atoms with Gasteiger partial charge in [0.2, 0.25) is 0 Å². The zero-order chi connectivity index (χ0) is 15.9. The Bertz CT molecular complexity index is 835. The van der Waals surface area contributed by atoms with E-state index >= 15 is 0 Å². The Morgan fingerprint density at radius 1 is 1.27 bits per heavy atom. The molecule has 1 aliphatic rings. The van der Waals surface area contributed by atoms with Crippen molar-refractivity contribution in [3.05, 3.63) is 53.1 Å². The summed E-state index contributed by atoms with van der Waals surface area (Å²) in [4.78, 5) is 0.277. The number of benzene rings is 2. The highest BCUT2D eigenvalue weighted by atomic mass is 32.2. The Morgan fingerprint density at radius 2 is 2.05 bits per heavy atom. The molecule has 7 heteroatoms. The number of nitrogen functional groups attached to an aromatic ring is 1. The van der Waals surface area contributed by atoms with E-state index < -0.39 is 17.0 Å². The van der Waals surface area contributed by atoms with Crippen LogP contribution in [-0.2, 0) is 26.9 Å². The molecule has 1 heterocycles. The predicted octanol–water partition coefficient (Wildman–Crippen LogP) is 0.769. The molecule has 0 radical (unpaired) electrons. The van der Waals surface area contributed by atoms with Crippen molar-refractivity contribution in [2.24, 2.45) is 0 Å². The van der Waals surface area contributed by atoms with Crippen molar-refractivity contribution in [3.8, 4) is 0 Å². The van der Waals surface area contributed by atoms with Gasteiger partial charge in [-0.05, 0) is 47.3 Å². The quantitative estimate of drug-likeness (QED) is 0.645. The van der Waals surface area contributed by atoms with Crippen LogP contribution in [0.5, 0.6) is 0 Å². The molecule has 0 unspecified atom stereocenters. The summed E-state index contributed by atoms with van der Waals surface area (Å²) in [6, 6.07) is 10.0. The standard InChI is InChI=1S/C15H16BNO4S/c1-10-6-13(17)4-5-15(10)22(19,20)9-11-2-3-12-8-21-16(18)14(12)7-11/h2-7,18H,8-9,17H2,1H3. The van der Waals surface area contributed by atoms with Crippen molar-refractivity contribution >= 4 is 28.1 Å². The van der Waals surface area contributed by atoms with Crippen molar-refractivity contribution in [1.82, 2.24) is 0 Å². The zero-order valence-corrected chi connectivity index (χ0v) is 12.9. The van der Waals surface area contributed by atoms with E-state index in [2.05, 4.69) is 0 Å². The lowest BCUT2D eigenvalue weighted by Gasteiger charge is -2.09. The van der Waals surface area contributed by atoms with Gasteiger partial charge in [0, 0.05) is 5.69 Å². The largest absolute Gasteiger partial charge is 0.491 e. The summed E-state index contributed by atoms with van der Waals surface area (Å²) >= 11 is 0. The van der Waals surface area contributed by atoms with Gasteiger partial charge in [0.05, 0.1) is 17.3 Å². The van der Waals surface area contributed by atoms with Crippen LogP contribution in [0.25, 0.3) is 0 Å². The lowest BCUT2D eigenvalue weighted by Crippen LogP contribution is -2.28. The van der Waals surface area contributed by atoms with E-state index in [4.69, 9.17) is 10.4 Å². The van der Waals surface area contributed by atoms with Gasteiger partial charge in [-0.3, -0.25) is 0 Å². The van der Waals surface area contributed by atoms with Crippen LogP contribution in [0.15, 0.2) is 41.3 Å². The first-order chi connectivity index (χ1) is 10.4. The van der Waals surface area contributed by atoms with Gasteiger partial charge >= 0.3 is 7.12 Å². The average Bonchev–Trinajstić information content (AvgIpc) is 2.79. The lowest BCUT2D eigenvalue weighted by atomic mass is 9.79. The van der Waals surface area contributed by atoms with Crippen LogP contribution in [0.4, 0.5) is 5.69 Å². The third-order valence-electron chi connectivity index (χ3n) is 3.76. The number of sulfone groups is 1. The molecule has 2 aromatic rings. The fourth-order valence-electron chi connectivity index (χ4n) is 2.67. The summed E-state index contributed by atoms with van der Waals surface area (Å²) < 4.78 is 30.3. The van der Waals surface area contributed by atoms with Crippen LogP contribution in [0.3, 0.4) is 0 Å². The molecule has 0 saturated carbocycles. The van der Waals surface area contributed by atoms with E-state index in [-0.39, 0.29) is 10.6 Å². The van der Waals surface area contributed by atoms with Crippen LogP contribution in [0.1, 0.15) is 16.7 Å². The fourth-order valence-corrected chi connectivity index (χ4v) is 4.27. The number of hydrogen-bond acceptors (Lipinski definition) is 5. The van der Waals surface area contributed by atoms with Crippen molar-refractivity contribution in [2.75, 3.05) is 5.73 Å². The van der Waals surface area contributed by atoms with Crippen molar-refractivity contribution in [2.45, 2.75) is 24.2 Å². The molecular weight excluding hydrogens is 301 g/mol. The van der Waals surface area contributed by atoms with E-state index in [0.29, 0.717) is 28.9 Å². The van der Waals surface area contributed by atoms with E-state index in [1.807, 2.05) is 0 Å². The van der Waals surface area contributed by atoms with Crippen LogP contribution < -0.4 is 11.2 Å². The molecule has 0 aromatic heterocycles. The maximum atomic E-state index is 12.6. The van der Waals surface area contributed by atoms with Gasteiger partial charge in [0.25, 0.3) is 0 Å². The Labute approximate surface area is 129 Å². The predicted molar refractivity (Wildman–Crippen MR) is 85.3 cm³/mol. The van der Waals surface area contributed by atoms with Crippen LogP contribution in [0, 0.1) is 6.92 Å². The first kappa shape index (κ1) is 15.1. The average molecular weight is 317 g/mol. The number of nitrogens with two attached hydrogens (primary N) is 1. The number of hydrogen-bond donors (Lipinski definition) is 2. The molecule has 0 atom stereocenters. The Morgan fingerprint density at radius 3 is 2.77 bits per heavy atom. The summed E-state index contributed by atoms with van der Waals surface area (Å²) in [6.45, 7) is 2.07. The smallest absolute Gasteiger partial charge is 0.423 e. The Hall–Kier alpha value is -1.83. The number of fused-ring (bicyclic) bond motifs is 1. The Kier molecular flexibility index (Phi) is 3.72. The van der Waals surface area contributed by atoms with E-state index in [0.717, 1.165) is 5.56 Å². The molecule has 0 aliphatic carbocycles. The highest BCUT2D eigenvalue weighted by molar-refractivity contribution is 7.90. The minimum absolute atomic E-state index is 0.127. The van der Waals surface area contributed by atoms with Gasteiger partial charge in [-0.15, -0.1) is 0 Å². The SMILES string of the molecule is Cc1cc(N)ccc1S(=O)(=O)Cc1ccc2c(c1)B(O)OC2. The molecule has 114 valence electrons. The van der Waals surface area contributed by atoms with Gasteiger partial charge in [0.1, 0.15) is 0 Å². The number of rotatable bonds is 3. The Balaban J connectivity index is 1.93. The highest BCUT2D eigenvalue weighted by Crippen LogP contribution is 2.22. The molecule has 1 aliphatic heterocycles. The van der Waals surface area contributed by atoms with E-state index in [1.165, 1.54) is 6.07 Å². The maximum absolute atomic E-state index is 12.6. The molecule has 22 heavy (non-hydrogen) atoms. The second kappa shape index (κ2) is 5.42. The molecule has 0 amide bonds.